The number of hydrogen-bond donors (Lipinski definition) is 1. The van der Waals surface area contributed by atoms with Crippen LogP contribution in [0.15, 0.2) is 30.3 Å². The molecule has 0 heterocycles. The number of halogens is 6. The smallest absolute Gasteiger partial charge is 0.256 e. The first kappa shape index (κ1) is 25.7. The van der Waals surface area contributed by atoms with Crippen LogP contribution in [0.4, 0.5) is 0 Å². The van der Waals surface area contributed by atoms with Crippen molar-refractivity contribution in [2.24, 2.45) is 11.7 Å². The molecule has 5 nitrogen and oxygen atoms in total. The van der Waals surface area contributed by atoms with Crippen molar-refractivity contribution in [3.63, 3.8) is 0 Å². The van der Waals surface area contributed by atoms with E-state index >= 15 is 0 Å². The van der Waals surface area contributed by atoms with Crippen LogP contribution in [0.5, 0.6) is 0 Å². The zero-order chi connectivity index (χ0) is 25.0. The molecule has 2 aliphatic carbocycles. The van der Waals surface area contributed by atoms with E-state index in [-0.39, 0.29) is 32.2 Å². The van der Waals surface area contributed by atoms with E-state index in [1.807, 2.05) is 6.07 Å². The molecule has 2 saturated carbocycles. The molecule has 2 fully saturated rings. The van der Waals surface area contributed by atoms with Gasteiger partial charge in [-0.25, -0.2) is 0 Å². The lowest BCUT2D eigenvalue weighted by atomic mass is 9.88. The minimum Gasteiger partial charge on any atom is -0.369 e. The number of nitriles is 1. The highest BCUT2D eigenvalue weighted by molar-refractivity contribution is 6.55. The maximum atomic E-state index is 13.3. The largest absolute Gasteiger partial charge is 0.369 e. The third-order valence-electron chi connectivity index (χ3n) is 6.34. The monoisotopic (exact) mass is 577 g/mol. The van der Waals surface area contributed by atoms with Crippen LogP contribution in [0.25, 0.3) is 0 Å². The van der Waals surface area contributed by atoms with E-state index in [4.69, 9.17) is 75.3 Å². The molecule has 0 aromatic heterocycles. The summed E-state index contributed by atoms with van der Waals surface area (Å²) in [4.78, 5) is 27.6. The van der Waals surface area contributed by atoms with E-state index in [0.29, 0.717) is 23.6 Å². The van der Waals surface area contributed by atoms with E-state index in [1.165, 1.54) is 29.2 Å². The molecule has 0 aliphatic heterocycles. The second-order valence-corrected chi connectivity index (χ2v) is 11.5. The Bertz CT molecular complexity index is 1220. The van der Waals surface area contributed by atoms with E-state index in [0.717, 1.165) is 12.8 Å². The summed E-state index contributed by atoms with van der Waals surface area (Å²) in [5.41, 5.74) is 5.16. The summed E-state index contributed by atoms with van der Waals surface area (Å²) in [7, 11) is 0. The Morgan fingerprint density at radius 1 is 1.06 bits per heavy atom. The van der Waals surface area contributed by atoms with E-state index in [2.05, 4.69) is 0 Å². The first-order valence-corrected chi connectivity index (χ1v) is 12.5. The third kappa shape index (κ3) is 4.13. The number of hydrogen-bond acceptors (Lipinski definition) is 3. The molecule has 0 saturated heterocycles. The van der Waals surface area contributed by atoms with Crippen LogP contribution < -0.4 is 5.73 Å². The average molecular weight is 580 g/mol. The Balaban J connectivity index is 1.80. The topological polar surface area (TPSA) is 87.2 Å². The van der Waals surface area contributed by atoms with Gasteiger partial charge in [0.1, 0.15) is 16.3 Å². The number of rotatable bonds is 7. The maximum Gasteiger partial charge on any atom is 0.256 e. The Morgan fingerprint density at radius 3 is 2.21 bits per heavy atom. The van der Waals surface area contributed by atoms with Gasteiger partial charge in [-0.15, -0.1) is 0 Å². The predicted molar refractivity (Wildman–Crippen MR) is 135 cm³/mol. The third-order valence-corrected chi connectivity index (χ3v) is 8.90. The summed E-state index contributed by atoms with van der Waals surface area (Å²) in [5.74, 6) is -1.68. The van der Waals surface area contributed by atoms with E-state index in [9.17, 15) is 14.9 Å². The summed E-state index contributed by atoms with van der Waals surface area (Å²) in [5, 5.41) is 9.84. The van der Waals surface area contributed by atoms with Crippen molar-refractivity contribution in [1.82, 2.24) is 4.90 Å². The van der Waals surface area contributed by atoms with Crippen molar-refractivity contribution in [3.05, 3.63) is 67.1 Å². The number of amides is 2. The summed E-state index contributed by atoms with van der Waals surface area (Å²) in [6.07, 6.45) is 2.01. The van der Waals surface area contributed by atoms with Gasteiger partial charge in [0.15, 0.2) is 0 Å². The fourth-order valence-corrected chi connectivity index (χ4v) is 6.34. The van der Waals surface area contributed by atoms with E-state index < -0.39 is 27.5 Å². The highest BCUT2D eigenvalue weighted by Crippen LogP contribution is 2.74. The van der Waals surface area contributed by atoms with Gasteiger partial charge in [-0.05, 0) is 54.2 Å². The van der Waals surface area contributed by atoms with Crippen LogP contribution >= 0.6 is 69.6 Å². The Morgan fingerprint density at radius 2 is 1.68 bits per heavy atom. The highest BCUT2D eigenvalue weighted by Gasteiger charge is 2.80. The van der Waals surface area contributed by atoms with Gasteiger partial charge in [0.05, 0.1) is 31.7 Å². The molecule has 34 heavy (non-hydrogen) atoms. The molecule has 2 atom stereocenters. The van der Waals surface area contributed by atoms with Crippen molar-refractivity contribution in [2.75, 3.05) is 13.1 Å². The summed E-state index contributed by atoms with van der Waals surface area (Å²) < 4.78 is -1.66. The van der Waals surface area contributed by atoms with Gasteiger partial charge in [0.2, 0.25) is 5.91 Å². The zero-order valence-corrected chi connectivity index (χ0v) is 22.0. The molecule has 2 amide bonds. The fraction of sp³-hybridized carbons (Fsp3) is 0.348. The Kier molecular flexibility index (Phi) is 6.98. The van der Waals surface area contributed by atoms with Crippen molar-refractivity contribution in [1.29, 1.82) is 5.26 Å². The first-order valence-electron chi connectivity index (χ1n) is 10.2. The van der Waals surface area contributed by atoms with Crippen LogP contribution in [0.2, 0.25) is 20.1 Å². The number of nitrogens with zero attached hydrogens (tertiary/aromatic N) is 2. The van der Waals surface area contributed by atoms with Gasteiger partial charge in [-0.1, -0.05) is 75.7 Å². The second kappa shape index (κ2) is 9.24. The molecular weight excluding hydrogens is 563 g/mol. The van der Waals surface area contributed by atoms with Crippen molar-refractivity contribution in [3.8, 4) is 6.07 Å². The predicted octanol–water partition coefficient (Wildman–Crippen LogP) is 6.37. The average Bonchev–Trinajstić information content (AvgIpc) is 3.67. The molecule has 2 unspecified atom stereocenters. The first-order chi connectivity index (χ1) is 16.0. The standard InChI is InChI=1S/C23H17Cl6N3O2/c24-15-4-3-13(9-14(15)20(33)32(6-5-30)10-11-1-2-11)22(21(31)34)19(23(22,28)29)12-7-16(25)18(27)17(26)8-12/h3-4,7-9,11,19H,1-2,6,10H2,(H2,31,34). The lowest BCUT2D eigenvalue weighted by molar-refractivity contribution is -0.120. The van der Waals surface area contributed by atoms with Gasteiger partial charge in [0.25, 0.3) is 5.91 Å². The Labute approximate surface area is 226 Å². The SMILES string of the molecule is N#CCN(CC1CC1)C(=O)c1cc(C2(C(N)=O)C(c3cc(Cl)c(Cl)c(Cl)c3)C2(Cl)Cl)ccc1Cl. The quantitative estimate of drug-likeness (QED) is 0.235. The lowest BCUT2D eigenvalue weighted by Gasteiger charge is -2.22. The fourth-order valence-electron chi connectivity index (χ4n) is 4.43. The number of primary amides is 1. The molecular formula is C23H17Cl6N3O2. The van der Waals surface area contributed by atoms with Gasteiger partial charge < -0.3 is 10.6 Å². The van der Waals surface area contributed by atoms with Gasteiger partial charge >= 0.3 is 0 Å². The molecule has 178 valence electrons. The summed E-state index contributed by atoms with van der Waals surface area (Å²) in [6.45, 7) is 0.365. The number of carbonyl (C=O) groups excluding carboxylic acids is 2. The molecule has 4 rings (SSSR count). The molecule has 2 N–H and O–H groups in total. The molecule has 0 bridgehead atoms. The molecule has 2 aromatic rings. The molecule has 2 aromatic carbocycles. The minimum absolute atomic E-state index is 0.0871. The molecule has 0 radical (unpaired) electrons. The van der Waals surface area contributed by atoms with E-state index in [1.54, 1.807) is 6.07 Å². The molecule has 2 aliphatic rings. The number of nitrogens with two attached hydrogens (primary N) is 1. The molecule has 0 spiro atoms. The number of carbonyl (C=O) groups is 2. The minimum atomic E-state index is -1.66. The highest BCUT2D eigenvalue weighted by atomic mass is 35.5. The van der Waals surface area contributed by atoms with Crippen LogP contribution in [0.3, 0.4) is 0 Å². The maximum absolute atomic E-state index is 13.3. The van der Waals surface area contributed by atoms with Crippen molar-refractivity contribution >= 4 is 81.4 Å². The van der Waals surface area contributed by atoms with Crippen molar-refractivity contribution < 1.29 is 9.59 Å². The number of alkyl halides is 2. The van der Waals surface area contributed by atoms with Gasteiger partial charge in [0, 0.05) is 12.5 Å². The van der Waals surface area contributed by atoms with Crippen LogP contribution in [0.1, 0.15) is 40.2 Å². The Hall–Kier alpha value is -1.39. The van der Waals surface area contributed by atoms with Crippen LogP contribution in [-0.4, -0.2) is 34.1 Å². The molecule has 11 heteroatoms. The number of benzene rings is 2. The normalized spacial score (nSPS) is 22.7. The van der Waals surface area contributed by atoms with Crippen LogP contribution in [-0.2, 0) is 10.2 Å². The van der Waals surface area contributed by atoms with Crippen molar-refractivity contribution in [2.45, 2.75) is 28.5 Å². The van der Waals surface area contributed by atoms with Crippen LogP contribution in [0, 0.1) is 17.2 Å². The van der Waals surface area contributed by atoms with Gasteiger partial charge in [-0.3, -0.25) is 9.59 Å². The van der Waals surface area contributed by atoms with Gasteiger partial charge in [-0.2, -0.15) is 5.26 Å². The second-order valence-electron chi connectivity index (χ2n) is 8.51. The summed E-state index contributed by atoms with van der Waals surface area (Å²) in [6, 6.07) is 9.56. The zero-order valence-electron chi connectivity index (χ0n) is 17.4. The summed E-state index contributed by atoms with van der Waals surface area (Å²) >= 11 is 38.1. The lowest BCUT2D eigenvalue weighted by Crippen LogP contribution is -2.35.